The van der Waals surface area contributed by atoms with Gasteiger partial charge in [0.2, 0.25) is 5.91 Å². The number of carbonyl (C=O) groups is 1. The first kappa shape index (κ1) is 17.3. The third kappa shape index (κ3) is 6.26. The Morgan fingerprint density at radius 3 is 2.26 bits per heavy atom. The molecule has 0 heterocycles. The van der Waals surface area contributed by atoms with E-state index in [9.17, 15) is 4.79 Å². The maximum atomic E-state index is 11.9. The van der Waals surface area contributed by atoms with Gasteiger partial charge in [-0.2, -0.15) is 0 Å². The Hall–Kier alpha value is -2.11. The summed E-state index contributed by atoms with van der Waals surface area (Å²) < 4.78 is 0. The van der Waals surface area contributed by atoms with Gasteiger partial charge in [0, 0.05) is 12.1 Å². The Labute approximate surface area is 137 Å². The quantitative estimate of drug-likeness (QED) is 0.516. The van der Waals surface area contributed by atoms with Gasteiger partial charge in [-0.1, -0.05) is 48.9 Å². The number of hydrogen-bond acceptors (Lipinski definition) is 3. The second-order valence-electron chi connectivity index (χ2n) is 5.59. The smallest absolute Gasteiger partial charge is 0.423 e. The first-order valence-corrected chi connectivity index (χ1v) is 7.95. The van der Waals surface area contributed by atoms with Crippen molar-refractivity contribution in [2.45, 2.75) is 32.1 Å². The summed E-state index contributed by atoms with van der Waals surface area (Å²) in [6.45, 7) is 0. The fourth-order valence-corrected chi connectivity index (χ4v) is 2.40. The molecule has 2 rings (SSSR count). The number of aryl methyl sites for hydroxylation is 1. The maximum absolute atomic E-state index is 11.9. The molecule has 0 aromatic heterocycles. The molecule has 0 aliphatic rings. The SMILES string of the molecule is O=C(CCCCCc1ccccc1)Nc1ccc(B(O)O)cc1. The normalized spacial score (nSPS) is 10.3. The van der Waals surface area contributed by atoms with Crippen LogP contribution >= 0.6 is 0 Å². The van der Waals surface area contributed by atoms with Crippen molar-refractivity contribution in [3.8, 4) is 0 Å². The van der Waals surface area contributed by atoms with E-state index < -0.39 is 7.12 Å². The summed E-state index contributed by atoms with van der Waals surface area (Å²) in [7, 11) is -1.48. The van der Waals surface area contributed by atoms with Crippen LogP contribution in [-0.2, 0) is 11.2 Å². The van der Waals surface area contributed by atoms with Gasteiger partial charge in [-0.15, -0.1) is 0 Å². The molecule has 0 saturated carbocycles. The van der Waals surface area contributed by atoms with E-state index in [1.165, 1.54) is 5.56 Å². The van der Waals surface area contributed by atoms with Crippen molar-refractivity contribution in [2.24, 2.45) is 0 Å². The maximum Gasteiger partial charge on any atom is 0.488 e. The van der Waals surface area contributed by atoms with Crippen LogP contribution in [0.4, 0.5) is 5.69 Å². The van der Waals surface area contributed by atoms with Crippen LogP contribution in [0.2, 0.25) is 0 Å². The summed E-state index contributed by atoms with van der Waals surface area (Å²) in [5.74, 6) is -0.0120. The highest BCUT2D eigenvalue weighted by Gasteiger charge is 2.10. The standard InChI is InChI=1S/C18H22BNO3/c21-18(20-17-13-11-16(12-14-17)19(22)23)10-6-2-5-9-15-7-3-1-4-8-15/h1,3-4,7-8,11-14,22-23H,2,5-6,9-10H2,(H,20,21). The molecule has 0 saturated heterocycles. The van der Waals surface area contributed by atoms with Gasteiger partial charge in [-0.05, 0) is 42.4 Å². The summed E-state index contributed by atoms with van der Waals surface area (Å²) >= 11 is 0. The number of anilines is 1. The largest absolute Gasteiger partial charge is 0.488 e. The van der Waals surface area contributed by atoms with Crippen molar-refractivity contribution in [2.75, 3.05) is 5.32 Å². The zero-order valence-electron chi connectivity index (χ0n) is 13.1. The molecule has 2 aromatic carbocycles. The third-order valence-electron chi connectivity index (χ3n) is 3.70. The van der Waals surface area contributed by atoms with Gasteiger partial charge in [0.15, 0.2) is 0 Å². The molecule has 0 atom stereocenters. The zero-order valence-corrected chi connectivity index (χ0v) is 13.1. The van der Waals surface area contributed by atoms with E-state index >= 15 is 0 Å². The van der Waals surface area contributed by atoms with Gasteiger partial charge < -0.3 is 15.4 Å². The number of hydrogen-bond donors (Lipinski definition) is 3. The minimum absolute atomic E-state index is 0.0120. The van der Waals surface area contributed by atoms with Gasteiger partial charge in [-0.25, -0.2) is 0 Å². The van der Waals surface area contributed by atoms with Gasteiger partial charge in [-0.3, -0.25) is 4.79 Å². The molecule has 0 aliphatic carbocycles. The molecule has 1 amide bonds. The van der Waals surface area contributed by atoms with Crippen LogP contribution in [0.5, 0.6) is 0 Å². The van der Waals surface area contributed by atoms with Crippen LogP contribution in [0, 0.1) is 0 Å². The Balaban J connectivity index is 1.63. The van der Waals surface area contributed by atoms with Gasteiger partial charge >= 0.3 is 7.12 Å². The zero-order chi connectivity index (χ0) is 16.5. The highest BCUT2D eigenvalue weighted by Crippen LogP contribution is 2.09. The number of amides is 1. The lowest BCUT2D eigenvalue weighted by molar-refractivity contribution is -0.116. The van der Waals surface area contributed by atoms with E-state index in [0.717, 1.165) is 25.7 Å². The van der Waals surface area contributed by atoms with Gasteiger partial charge in [0.1, 0.15) is 0 Å². The lowest BCUT2D eigenvalue weighted by Crippen LogP contribution is -2.29. The second-order valence-corrected chi connectivity index (χ2v) is 5.59. The highest BCUT2D eigenvalue weighted by molar-refractivity contribution is 6.58. The van der Waals surface area contributed by atoms with Gasteiger partial charge in [0.05, 0.1) is 0 Å². The lowest BCUT2D eigenvalue weighted by Gasteiger charge is -2.06. The Morgan fingerprint density at radius 1 is 0.913 bits per heavy atom. The van der Waals surface area contributed by atoms with Crippen LogP contribution in [0.15, 0.2) is 54.6 Å². The van der Waals surface area contributed by atoms with Gasteiger partial charge in [0.25, 0.3) is 0 Å². The molecule has 120 valence electrons. The lowest BCUT2D eigenvalue weighted by atomic mass is 9.80. The van der Waals surface area contributed by atoms with Crippen molar-refractivity contribution in [1.82, 2.24) is 0 Å². The van der Waals surface area contributed by atoms with E-state index in [-0.39, 0.29) is 5.91 Å². The summed E-state index contributed by atoms with van der Waals surface area (Å²) in [5.41, 5.74) is 2.41. The van der Waals surface area contributed by atoms with Crippen LogP contribution in [0.3, 0.4) is 0 Å². The Bertz CT molecular complexity index is 599. The van der Waals surface area contributed by atoms with Crippen LogP contribution in [0.25, 0.3) is 0 Å². The molecule has 0 bridgehead atoms. The molecule has 0 radical (unpaired) electrons. The predicted octanol–water partition coefficient (Wildman–Crippen LogP) is 2.11. The molecule has 0 fully saturated rings. The number of unbranched alkanes of at least 4 members (excludes halogenated alkanes) is 2. The molecule has 2 aromatic rings. The molecule has 0 aliphatic heterocycles. The van der Waals surface area contributed by atoms with E-state index in [0.29, 0.717) is 17.6 Å². The van der Waals surface area contributed by atoms with Crippen LogP contribution < -0.4 is 10.8 Å². The monoisotopic (exact) mass is 311 g/mol. The molecule has 3 N–H and O–H groups in total. The molecular formula is C18H22BNO3. The molecule has 23 heavy (non-hydrogen) atoms. The van der Waals surface area contributed by atoms with E-state index in [1.807, 2.05) is 18.2 Å². The molecular weight excluding hydrogens is 289 g/mol. The minimum atomic E-state index is -1.48. The summed E-state index contributed by atoms with van der Waals surface area (Å²) in [4.78, 5) is 11.9. The van der Waals surface area contributed by atoms with Crippen molar-refractivity contribution < 1.29 is 14.8 Å². The van der Waals surface area contributed by atoms with Crippen molar-refractivity contribution in [3.63, 3.8) is 0 Å². The van der Waals surface area contributed by atoms with Crippen LogP contribution in [-0.4, -0.2) is 23.1 Å². The number of carbonyl (C=O) groups excluding carboxylic acids is 1. The average Bonchev–Trinajstić information content (AvgIpc) is 2.56. The van der Waals surface area contributed by atoms with Crippen molar-refractivity contribution in [3.05, 3.63) is 60.2 Å². The van der Waals surface area contributed by atoms with Crippen LogP contribution in [0.1, 0.15) is 31.2 Å². The fourth-order valence-electron chi connectivity index (χ4n) is 2.40. The molecule has 4 nitrogen and oxygen atoms in total. The first-order valence-electron chi connectivity index (χ1n) is 7.95. The summed E-state index contributed by atoms with van der Waals surface area (Å²) in [6, 6.07) is 16.9. The molecule has 5 heteroatoms. The highest BCUT2D eigenvalue weighted by atomic mass is 16.4. The number of nitrogens with one attached hydrogen (secondary N) is 1. The van der Waals surface area contributed by atoms with E-state index in [1.54, 1.807) is 24.3 Å². The van der Waals surface area contributed by atoms with E-state index in [4.69, 9.17) is 10.0 Å². The number of rotatable bonds is 8. The number of benzene rings is 2. The van der Waals surface area contributed by atoms with Crippen molar-refractivity contribution in [1.29, 1.82) is 0 Å². The average molecular weight is 311 g/mol. The summed E-state index contributed by atoms with van der Waals surface area (Å²) in [6.07, 6.45) is 4.52. The minimum Gasteiger partial charge on any atom is -0.423 e. The summed E-state index contributed by atoms with van der Waals surface area (Å²) in [5, 5.41) is 20.8. The van der Waals surface area contributed by atoms with E-state index in [2.05, 4.69) is 17.4 Å². The topological polar surface area (TPSA) is 69.6 Å². The Kier molecular flexibility index (Phi) is 6.85. The molecule has 0 unspecified atom stereocenters. The molecule has 0 spiro atoms. The predicted molar refractivity (Wildman–Crippen MR) is 93.5 cm³/mol. The first-order chi connectivity index (χ1) is 11.1. The Morgan fingerprint density at radius 2 is 1.61 bits per heavy atom. The second kappa shape index (κ2) is 9.13. The fraction of sp³-hybridized carbons (Fsp3) is 0.278. The van der Waals surface area contributed by atoms with Crippen molar-refractivity contribution >= 4 is 24.2 Å². The third-order valence-corrected chi connectivity index (χ3v) is 3.70.